The highest BCUT2D eigenvalue weighted by atomic mass is 15.0. The Morgan fingerprint density at radius 3 is 2.80 bits per heavy atom. The van der Waals surface area contributed by atoms with E-state index in [1.165, 1.54) is 29.7 Å². The third kappa shape index (κ3) is 1.98. The summed E-state index contributed by atoms with van der Waals surface area (Å²) >= 11 is 0. The topological polar surface area (TPSA) is 37.8 Å². The van der Waals surface area contributed by atoms with Gasteiger partial charge in [0.05, 0.1) is 0 Å². The molecule has 1 unspecified atom stereocenters. The van der Waals surface area contributed by atoms with Gasteiger partial charge in [0.25, 0.3) is 0 Å². The molecule has 2 aromatic rings. The zero-order valence-electron chi connectivity index (χ0n) is 11.8. The lowest BCUT2D eigenvalue weighted by atomic mass is 9.77. The molecule has 1 atom stereocenters. The van der Waals surface area contributed by atoms with Gasteiger partial charge in [0.1, 0.15) is 11.6 Å². The molecule has 1 fully saturated rings. The quantitative estimate of drug-likeness (QED) is 0.919. The molecule has 3 nitrogen and oxygen atoms in total. The van der Waals surface area contributed by atoms with Gasteiger partial charge in [-0.05, 0) is 37.3 Å². The summed E-state index contributed by atoms with van der Waals surface area (Å²) in [5.41, 5.74) is 4.08. The molecular weight excluding hydrogens is 246 g/mol. The number of fused-ring (bicyclic) bond motifs is 1. The highest BCUT2D eigenvalue weighted by molar-refractivity contribution is 5.46. The van der Waals surface area contributed by atoms with Gasteiger partial charge in [0.15, 0.2) is 0 Å². The van der Waals surface area contributed by atoms with E-state index < -0.39 is 0 Å². The number of aromatic nitrogens is 2. The monoisotopic (exact) mass is 265 g/mol. The van der Waals surface area contributed by atoms with Crippen LogP contribution in [-0.4, -0.2) is 16.5 Å². The minimum Gasteiger partial charge on any atom is -0.370 e. The number of hydrogen-bond acceptors (Lipinski definition) is 3. The molecule has 0 saturated heterocycles. The van der Waals surface area contributed by atoms with E-state index in [9.17, 15) is 0 Å². The molecule has 1 aromatic carbocycles. The van der Waals surface area contributed by atoms with E-state index in [4.69, 9.17) is 9.97 Å². The van der Waals surface area contributed by atoms with Crippen molar-refractivity contribution in [2.75, 3.05) is 11.9 Å². The fourth-order valence-corrected chi connectivity index (χ4v) is 2.99. The van der Waals surface area contributed by atoms with E-state index in [0.717, 1.165) is 24.6 Å². The van der Waals surface area contributed by atoms with E-state index in [1.807, 2.05) is 0 Å². The van der Waals surface area contributed by atoms with Crippen molar-refractivity contribution in [1.82, 2.24) is 9.97 Å². The van der Waals surface area contributed by atoms with Gasteiger partial charge in [-0.3, -0.25) is 0 Å². The molecule has 4 rings (SSSR count). The van der Waals surface area contributed by atoms with Gasteiger partial charge in [-0.25, -0.2) is 9.97 Å². The van der Waals surface area contributed by atoms with Crippen molar-refractivity contribution >= 4 is 5.82 Å². The molecule has 1 heterocycles. The minimum absolute atomic E-state index is 0.391. The fourth-order valence-electron chi connectivity index (χ4n) is 2.99. The van der Waals surface area contributed by atoms with Crippen molar-refractivity contribution in [3.8, 4) is 0 Å². The van der Waals surface area contributed by atoms with Crippen LogP contribution in [0.1, 0.15) is 54.2 Å². The second-order valence-electron chi connectivity index (χ2n) is 5.80. The summed E-state index contributed by atoms with van der Waals surface area (Å²) in [7, 11) is 0. The molecule has 0 aliphatic heterocycles. The summed E-state index contributed by atoms with van der Waals surface area (Å²) in [6, 6.07) is 10.8. The average Bonchev–Trinajstić information content (AvgIpc) is 3.25. The first-order valence-corrected chi connectivity index (χ1v) is 7.55. The van der Waals surface area contributed by atoms with Crippen molar-refractivity contribution in [3.63, 3.8) is 0 Å². The Kier molecular flexibility index (Phi) is 2.72. The largest absolute Gasteiger partial charge is 0.370 e. The number of nitrogens with one attached hydrogen (secondary N) is 1. The molecule has 0 radical (unpaired) electrons. The van der Waals surface area contributed by atoms with Crippen LogP contribution in [0.25, 0.3) is 0 Å². The van der Waals surface area contributed by atoms with Crippen LogP contribution >= 0.6 is 0 Å². The van der Waals surface area contributed by atoms with Crippen LogP contribution in [0.5, 0.6) is 0 Å². The number of hydrogen-bond donors (Lipinski definition) is 1. The van der Waals surface area contributed by atoms with Crippen LogP contribution in [0, 0.1) is 0 Å². The smallest absolute Gasteiger partial charge is 0.138 e. The van der Waals surface area contributed by atoms with Crippen LogP contribution in [-0.2, 0) is 6.42 Å². The Morgan fingerprint density at radius 1 is 1.20 bits per heavy atom. The first-order chi connectivity index (χ1) is 9.85. The third-order valence-electron chi connectivity index (χ3n) is 4.28. The molecule has 2 aliphatic rings. The second-order valence-corrected chi connectivity index (χ2v) is 5.80. The first kappa shape index (κ1) is 11.9. The lowest BCUT2D eigenvalue weighted by Gasteiger charge is -2.29. The van der Waals surface area contributed by atoms with Gasteiger partial charge < -0.3 is 5.32 Å². The molecule has 3 heteroatoms. The van der Waals surface area contributed by atoms with Gasteiger partial charge in [-0.1, -0.05) is 24.3 Å². The van der Waals surface area contributed by atoms with Crippen molar-refractivity contribution < 1.29 is 0 Å². The summed E-state index contributed by atoms with van der Waals surface area (Å²) in [5.74, 6) is 3.06. The van der Waals surface area contributed by atoms with E-state index in [0.29, 0.717) is 11.8 Å². The minimum atomic E-state index is 0.391. The van der Waals surface area contributed by atoms with Crippen LogP contribution in [0.2, 0.25) is 0 Å². The van der Waals surface area contributed by atoms with Crippen molar-refractivity contribution in [2.45, 2.75) is 38.0 Å². The fraction of sp³-hybridized carbons (Fsp3) is 0.412. The van der Waals surface area contributed by atoms with Gasteiger partial charge in [-0.2, -0.15) is 0 Å². The van der Waals surface area contributed by atoms with E-state index in [2.05, 4.69) is 42.6 Å². The Bertz CT molecular complexity index is 646. The Labute approximate surface area is 119 Å². The zero-order valence-corrected chi connectivity index (χ0v) is 11.8. The van der Waals surface area contributed by atoms with Crippen LogP contribution in [0.4, 0.5) is 5.82 Å². The Balaban J connectivity index is 1.71. The molecule has 0 amide bonds. The molecule has 1 N–H and O–H groups in total. The van der Waals surface area contributed by atoms with Crippen molar-refractivity contribution in [1.29, 1.82) is 0 Å². The van der Waals surface area contributed by atoms with Crippen molar-refractivity contribution in [2.24, 2.45) is 0 Å². The van der Waals surface area contributed by atoms with Gasteiger partial charge in [0.2, 0.25) is 0 Å². The van der Waals surface area contributed by atoms with Gasteiger partial charge in [-0.15, -0.1) is 0 Å². The molecule has 0 spiro atoms. The molecular formula is C17H19N3. The number of rotatable bonds is 4. The lowest BCUT2D eigenvalue weighted by molar-refractivity contribution is 0.654. The Morgan fingerprint density at radius 2 is 2.05 bits per heavy atom. The molecule has 1 aromatic heterocycles. The lowest BCUT2D eigenvalue weighted by Crippen LogP contribution is -2.21. The van der Waals surface area contributed by atoms with Crippen molar-refractivity contribution in [3.05, 3.63) is 53.0 Å². The van der Waals surface area contributed by atoms with E-state index >= 15 is 0 Å². The summed E-state index contributed by atoms with van der Waals surface area (Å²) in [4.78, 5) is 9.58. The Hall–Kier alpha value is -1.90. The summed E-state index contributed by atoms with van der Waals surface area (Å²) in [5, 5.41) is 3.35. The SMILES string of the molecule is CCNc1cc(C2CC2)nc(C2Cc3ccccc32)n1. The zero-order chi connectivity index (χ0) is 13.5. The second kappa shape index (κ2) is 4.58. The maximum atomic E-state index is 4.85. The number of benzene rings is 1. The summed E-state index contributed by atoms with van der Waals surface area (Å²) < 4.78 is 0. The van der Waals surface area contributed by atoms with Crippen LogP contribution in [0.3, 0.4) is 0 Å². The molecule has 102 valence electrons. The maximum Gasteiger partial charge on any atom is 0.138 e. The normalized spacial score (nSPS) is 20.1. The van der Waals surface area contributed by atoms with Crippen LogP contribution < -0.4 is 5.32 Å². The van der Waals surface area contributed by atoms with Gasteiger partial charge >= 0.3 is 0 Å². The first-order valence-electron chi connectivity index (χ1n) is 7.55. The third-order valence-corrected chi connectivity index (χ3v) is 4.28. The van der Waals surface area contributed by atoms with E-state index in [-0.39, 0.29) is 0 Å². The molecule has 1 saturated carbocycles. The molecule has 20 heavy (non-hydrogen) atoms. The predicted octanol–water partition coefficient (Wildman–Crippen LogP) is 3.47. The number of anilines is 1. The van der Waals surface area contributed by atoms with Gasteiger partial charge in [0, 0.05) is 30.1 Å². The summed E-state index contributed by atoms with van der Waals surface area (Å²) in [6.45, 7) is 3.01. The summed E-state index contributed by atoms with van der Waals surface area (Å²) in [6.07, 6.45) is 3.64. The maximum absolute atomic E-state index is 4.85. The molecule has 0 bridgehead atoms. The average molecular weight is 265 g/mol. The predicted molar refractivity (Wildman–Crippen MR) is 80.2 cm³/mol. The highest BCUT2D eigenvalue weighted by Gasteiger charge is 2.32. The number of nitrogens with zero attached hydrogens (tertiary/aromatic N) is 2. The standard InChI is InChI=1S/C17H19N3/c1-2-18-16-10-15(11-7-8-11)19-17(20-16)14-9-12-5-3-4-6-13(12)14/h3-6,10-11,14H,2,7-9H2,1H3,(H,18,19,20). The highest BCUT2D eigenvalue weighted by Crippen LogP contribution is 2.42. The molecule has 2 aliphatic carbocycles. The van der Waals surface area contributed by atoms with E-state index in [1.54, 1.807) is 0 Å². The van der Waals surface area contributed by atoms with Crippen LogP contribution in [0.15, 0.2) is 30.3 Å².